The summed E-state index contributed by atoms with van der Waals surface area (Å²) in [5.74, 6) is -0.817. The molecule has 2 rings (SSSR count). The zero-order chi connectivity index (χ0) is 13.3. The molecule has 0 saturated heterocycles. The highest BCUT2D eigenvalue weighted by Crippen LogP contribution is 2.32. The Labute approximate surface area is 105 Å². The number of aliphatic carboxylic acids is 1. The summed E-state index contributed by atoms with van der Waals surface area (Å²) in [5.41, 5.74) is 0. The Bertz CT molecular complexity index is 518. The Hall–Kier alpha value is -1.34. The molecular weight excluding hydrogens is 258 g/mol. The molecule has 1 atom stereocenters. The summed E-state index contributed by atoms with van der Waals surface area (Å²) < 4.78 is 30.7. The van der Waals surface area contributed by atoms with Crippen molar-refractivity contribution in [1.29, 1.82) is 0 Å². The van der Waals surface area contributed by atoms with Crippen LogP contribution in [0.1, 0.15) is 25.5 Å². The zero-order valence-electron chi connectivity index (χ0n) is 9.94. The van der Waals surface area contributed by atoms with Crippen LogP contribution in [0.5, 0.6) is 0 Å². The molecule has 1 heterocycles. The van der Waals surface area contributed by atoms with Gasteiger partial charge in [-0.25, -0.2) is 8.42 Å². The lowest BCUT2D eigenvalue weighted by molar-refractivity contribution is -0.136. The maximum Gasteiger partial charge on any atom is 0.323 e. The average molecular weight is 273 g/mol. The lowest BCUT2D eigenvalue weighted by atomic mass is 10.4. The van der Waals surface area contributed by atoms with Gasteiger partial charge < -0.3 is 9.52 Å². The number of nitrogens with zero attached hydrogens (tertiary/aromatic N) is 1. The molecule has 0 spiro atoms. The predicted octanol–water partition coefficient (Wildman–Crippen LogP) is 1.05. The highest BCUT2D eigenvalue weighted by molar-refractivity contribution is 7.90. The highest BCUT2D eigenvalue weighted by atomic mass is 32.2. The van der Waals surface area contributed by atoms with Crippen LogP contribution in [0.3, 0.4) is 0 Å². The molecule has 0 radical (unpaired) electrons. The zero-order valence-corrected chi connectivity index (χ0v) is 10.8. The first-order valence-corrected chi connectivity index (χ1v) is 7.19. The van der Waals surface area contributed by atoms with E-state index in [9.17, 15) is 13.2 Å². The molecule has 1 N–H and O–H groups in total. The van der Waals surface area contributed by atoms with Crippen molar-refractivity contribution < 1.29 is 22.7 Å². The van der Waals surface area contributed by atoms with E-state index in [1.807, 2.05) is 0 Å². The Kier molecular flexibility index (Phi) is 3.45. The molecule has 1 aliphatic rings. The molecule has 1 aromatic heterocycles. The normalized spacial score (nSPS) is 17.9. The molecule has 100 valence electrons. The molecule has 1 fully saturated rings. The van der Waals surface area contributed by atoms with Crippen molar-refractivity contribution in [3.63, 3.8) is 0 Å². The van der Waals surface area contributed by atoms with E-state index < -0.39 is 21.2 Å². The largest absolute Gasteiger partial charge is 0.480 e. The van der Waals surface area contributed by atoms with E-state index in [1.54, 1.807) is 12.1 Å². The summed E-state index contributed by atoms with van der Waals surface area (Å²) in [4.78, 5) is 10.9. The Morgan fingerprint density at radius 2 is 2.28 bits per heavy atom. The maximum absolute atomic E-state index is 12.2. The molecule has 1 aromatic rings. The fourth-order valence-electron chi connectivity index (χ4n) is 1.68. The van der Waals surface area contributed by atoms with Crippen LogP contribution in [0.2, 0.25) is 0 Å². The first-order chi connectivity index (χ1) is 8.43. The van der Waals surface area contributed by atoms with Gasteiger partial charge in [-0.1, -0.05) is 0 Å². The molecule has 0 aliphatic heterocycles. The molecule has 1 unspecified atom stereocenters. The van der Waals surface area contributed by atoms with Crippen molar-refractivity contribution in [3.8, 4) is 0 Å². The predicted molar refractivity (Wildman–Crippen MR) is 63.3 cm³/mol. The first-order valence-electron chi connectivity index (χ1n) is 5.69. The van der Waals surface area contributed by atoms with Crippen LogP contribution in [-0.2, 0) is 21.4 Å². The summed E-state index contributed by atoms with van der Waals surface area (Å²) in [5, 5.41) is 7.43. The van der Waals surface area contributed by atoms with Gasteiger partial charge in [-0.15, -0.1) is 0 Å². The highest BCUT2D eigenvalue weighted by Gasteiger charge is 2.42. The van der Waals surface area contributed by atoms with Gasteiger partial charge in [0, 0.05) is 6.04 Å². The minimum atomic E-state index is -3.84. The lowest BCUT2D eigenvalue weighted by Crippen LogP contribution is -2.41. The van der Waals surface area contributed by atoms with Gasteiger partial charge in [-0.2, -0.15) is 4.31 Å². The van der Waals surface area contributed by atoms with Crippen molar-refractivity contribution in [2.75, 3.05) is 0 Å². The molecule has 0 aromatic carbocycles. The fourth-order valence-corrected chi connectivity index (χ4v) is 3.27. The molecule has 7 heteroatoms. The van der Waals surface area contributed by atoms with Gasteiger partial charge in [0.2, 0.25) is 10.0 Å². The summed E-state index contributed by atoms with van der Waals surface area (Å²) >= 11 is 0. The minimum absolute atomic E-state index is 0.0949. The Morgan fingerprint density at radius 3 is 2.72 bits per heavy atom. The third-order valence-electron chi connectivity index (χ3n) is 2.97. The lowest BCUT2D eigenvalue weighted by Gasteiger charge is -2.22. The number of carboxylic acid groups (broad SMARTS) is 1. The van der Waals surface area contributed by atoms with Gasteiger partial charge in [0.25, 0.3) is 0 Å². The van der Waals surface area contributed by atoms with E-state index in [4.69, 9.17) is 9.52 Å². The van der Waals surface area contributed by atoms with Crippen LogP contribution in [0, 0.1) is 0 Å². The van der Waals surface area contributed by atoms with Crippen LogP contribution in [0.15, 0.2) is 22.8 Å². The maximum atomic E-state index is 12.2. The smallest absolute Gasteiger partial charge is 0.323 e. The fraction of sp³-hybridized carbons (Fsp3) is 0.545. The summed E-state index contributed by atoms with van der Waals surface area (Å²) in [6.07, 6.45) is 3.01. The second-order valence-corrected chi connectivity index (χ2v) is 6.59. The Morgan fingerprint density at radius 1 is 1.61 bits per heavy atom. The van der Waals surface area contributed by atoms with Crippen molar-refractivity contribution in [3.05, 3.63) is 24.2 Å². The van der Waals surface area contributed by atoms with E-state index in [0.29, 0.717) is 5.76 Å². The second-order valence-electron chi connectivity index (χ2n) is 4.38. The quantitative estimate of drug-likeness (QED) is 0.837. The monoisotopic (exact) mass is 273 g/mol. The van der Waals surface area contributed by atoms with E-state index in [-0.39, 0.29) is 12.6 Å². The minimum Gasteiger partial charge on any atom is -0.480 e. The summed E-state index contributed by atoms with van der Waals surface area (Å²) in [6.45, 7) is 1.28. The van der Waals surface area contributed by atoms with Gasteiger partial charge in [0.15, 0.2) is 5.25 Å². The third-order valence-corrected chi connectivity index (χ3v) is 5.14. The van der Waals surface area contributed by atoms with E-state index in [1.165, 1.54) is 17.5 Å². The van der Waals surface area contributed by atoms with Gasteiger partial charge in [-0.05, 0) is 31.9 Å². The third kappa shape index (κ3) is 2.56. The summed E-state index contributed by atoms with van der Waals surface area (Å²) in [7, 11) is -3.84. The van der Waals surface area contributed by atoms with Crippen LogP contribution in [0.25, 0.3) is 0 Å². The number of furan rings is 1. The van der Waals surface area contributed by atoms with Crippen molar-refractivity contribution >= 4 is 16.0 Å². The molecule has 6 nitrogen and oxygen atoms in total. The van der Waals surface area contributed by atoms with Crippen LogP contribution >= 0.6 is 0 Å². The first kappa shape index (κ1) is 13.1. The number of hydrogen-bond donors (Lipinski definition) is 1. The number of sulfonamides is 1. The number of carbonyl (C=O) groups is 1. The molecule has 1 aliphatic carbocycles. The molecular formula is C11H15NO5S. The summed E-state index contributed by atoms with van der Waals surface area (Å²) in [6, 6.07) is 3.26. The van der Waals surface area contributed by atoms with Gasteiger partial charge in [0.05, 0.1) is 12.8 Å². The topological polar surface area (TPSA) is 87.8 Å². The van der Waals surface area contributed by atoms with Crippen LogP contribution < -0.4 is 0 Å². The van der Waals surface area contributed by atoms with Crippen LogP contribution in [0.4, 0.5) is 0 Å². The SMILES string of the molecule is CC(C(=O)O)S(=O)(=O)N(Cc1ccco1)C1CC1. The molecule has 1 saturated carbocycles. The molecule has 0 bridgehead atoms. The van der Waals surface area contributed by atoms with Crippen LogP contribution in [-0.4, -0.2) is 35.1 Å². The number of carboxylic acids is 1. The Balaban J connectivity index is 2.22. The van der Waals surface area contributed by atoms with E-state index in [0.717, 1.165) is 12.8 Å². The van der Waals surface area contributed by atoms with Crippen molar-refractivity contribution in [2.24, 2.45) is 0 Å². The standard InChI is InChI=1S/C11H15NO5S/c1-8(11(13)14)18(15,16)12(9-4-5-9)7-10-3-2-6-17-10/h2-3,6,8-9H,4-5,7H2,1H3,(H,13,14). The van der Waals surface area contributed by atoms with Crippen molar-refractivity contribution in [2.45, 2.75) is 37.6 Å². The second kappa shape index (κ2) is 4.74. The van der Waals surface area contributed by atoms with E-state index in [2.05, 4.69) is 0 Å². The van der Waals surface area contributed by atoms with E-state index >= 15 is 0 Å². The average Bonchev–Trinajstić information content (AvgIpc) is 3.01. The number of hydrogen-bond acceptors (Lipinski definition) is 4. The molecule has 0 amide bonds. The van der Waals surface area contributed by atoms with Crippen molar-refractivity contribution in [1.82, 2.24) is 4.31 Å². The van der Waals surface area contributed by atoms with Gasteiger partial charge >= 0.3 is 5.97 Å². The molecule has 18 heavy (non-hydrogen) atoms. The van der Waals surface area contributed by atoms with Gasteiger partial charge in [0.1, 0.15) is 5.76 Å². The van der Waals surface area contributed by atoms with Gasteiger partial charge in [-0.3, -0.25) is 4.79 Å². The number of rotatable bonds is 6.